The number of nitrogens with zero attached hydrogens (tertiary/aromatic N) is 1. The summed E-state index contributed by atoms with van der Waals surface area (Å²) >= 11 is 1.56. The second kappa shape index (κ2) is 5.64. The van der Waals surface area contributed by atoms with Crippen LogP contribution >= 0.6 is 11.3 Å². The molecule has 5 nitrogen and oxygen atoms in total. The minimum atomic E-state index is -0.598. The van der Waals surface area contributed by atoms with Gasteiger partial charge in [0.05, 0.1) is 27.9 Å². The Balaban J connectivity index is 1.49. The number of carbonyl (C=O) groups is 1. The second-order valence-electron chi connectivity index (χ2n) is 5.58. The second-order valence-corrected chi connectivity index (χ2v) is 6.47. The molecule has 0 aliphatic heterocycles. The lowest BCUT2D eigenvalue weighted by Crippen LogP contribution is -2.36. The average Bonchev–Trinajstić information content (AvgIpc) is 3.12. The van der Waals surface area contributed by atoms with E-state index in [1.54, 1.807) is 16.8 Å². The van der Waals surface area contributed by atoms with Crippen molar-refractivity contribution in [1.29, 1.82) is 0 Å². The van der Waals surface area contributed by atoms with Gasteiger partial charge in [0.1, 0.15) is 0 Å². The van der Waals surface area contributed by atoms with E-state index in [1.165, 1.54) is 0 Å². The molecule has 3 N–H and O–H groups in total. The molecule has 2 atom stereocenters. The number of carbonyl (C=O) groups excluding carboxylic acids is 1. The van der Waals surface area contributed by atoms with Crippen LogP contribution in [0.4, 0.5) is 10.5 Å². The summed E-state index contributed by atoms with van der Waals surface area (Å²) in [7, 11) is 0. The predicted octanol–water partition coefficient (Wildman–Crippen LogP) is 3.08. The molecule has 1 aliphatic rings. The topological polar surface area (TPSA) is 74.2 Å². The summed E-state index contributed by atoms with van der Waals surface area (Å²) in [5.41, 5.74) is 5.38. The summed E-state index contributed by atoms with van der Waals surface area (Å²) in [5.74, 6) is 0. The van der Waals surface area contributed by atoms with E-state index in [-0.39, 0.29) is 12.1 Å². The van der Waals surface area contributed by atoms with Crippen LogP contribution in [0.2, 0.25) is 0 Å². The van der Waals surface area contributed by atoms with Gasteiger partial charge in [0.2, 0.25) is 0 Å². The third kappa shape index (κ3) is 2.67. The zero-order valence-electron chi connectivity index (χ0n) is 12.2. The Morgan fingerprint density at radius 2 is 2.13 bits per heavy atom. The minimum Gasteiger partial charge on any atom is -0.390 e. The largest absolute Gasteiger partial charge is 0.390 e. The fourth-order valence-electron chi connectivity index (χ4n) is 2.99. The third-order valence-electron chi connectivity index (χ3n) is 4.08. The number of aromatic nitrogens is 1. The molecule has 0 radical (unpaired) electrons. The van der Waals surface area contributed by atoms with E-state index in [1.807, 2.05) is 42.5 Å². The maximum atomic E-state index is 12.2. The van der Waals surface area contributed by atoms with Crippen LogP contribution in [-0.2, 0) is 6.42 Å². The monoisotopic (exact) mass is 325 g/mol. The van der Waals surface area contributed by atoms with E-state index in [9.17, 15) is 9.90 Å². The Kier molecular flexibility index (Phi) is 3.48. The van der Waals surface area contributed by atoms with Gasteiger partial charge in [-0.1, -0.05) is 24.3 Å². The zero-order valence-corrected chi connectivity index (χ0v) is 13.0. The number of benzene rings is 2. The van der Waals surface area contributed by atoms with E-state index in [0.29, 0.717) is 12.1 Å². The molecule has 0 unspecified atom stereocenters. The molecule has 0 saturated heterocycles. The van der Waals surface area contributed by atoms with Crippen molar-refractivity contribution >= 4 is 33.3 Å². The van der Waals surface area contributed by atoms with Gasteiger partial charge in [0.15, 0.2) is 0 Å². The van der Waals surface area contributed by atoms with Crippen molar-refractivity contribution in [2.24, 2.45) is 0 Å². The number of hydrogen-bond acceptors (Lipinski definition) is 4. The Hall–Kier alpha value is -2.44. The summed E-state index contributed by atoms with van der Waals surface area (Å²) < 4.78 is 1.08. The van der Waals surface area contributed by atoms with Crippen molar-refractivity contribution in [3.63, 3.8) is 0 Å². The van der Waals surface area contributed by atoms with Gasteiger partial charge in [-0.05, 0) is 29.3 Å². The van der Waals surface area contributed by atoms with Crippen molar-refractivity contribution in [1.82, 2.24) is 10.3 Å². The lowest BCUT2D eigenvalue weighted by Gasteiger charge is -2.18. The smallest absolute Gasteiger partial charge is 0.319 e. The Morgan fingerprint density at radius 1 is 1.26 bits per heavy atom. The van der Waals surface area contributed by atoms with Crippen molar-refractivity contribution in [2.45, 2.75) is 18.6 Å². The van der Waals surface area contributed by atoms with Crippen LogP contribution in [0, 0.1) is 0 Å². The highest BCUT2D eigenvalue weighted by atomic mass is 32.1. The molecule has 2 amide bonds. The molecule has 6 heteroatoms. The summed E-state index contributed by atoms with van der Waals surface area (Å²) in [6.45, 7) is 0. The number of amides is 2. The number of rotatable bonds is 2. The highest BCUT2D eigenvalue weighted by molar-refractivity contribution is 7.16. The predicted molar refractivity (Wildman–Crippen MR) is 90.7 cm³/mol. The molecule has 23 heavy (non-hydrogen) atoms. The van der Waals surface area contributed by atoms with Crippen LogP contribution in [0.25, 0.3) is 10.2 Å². The molecular formula is C17H15N3O2S. The first-order chi connectivity index (χ1) is 11.2. The molecule has 0 bridgehead atoms. The first-order valence-electron chi connectivity index (χ1n) is 7.37. The Labute approximate surface area is 137 Å². The molecule has 1 heterocycles. The molecule has 1 aliphatic carbocycles. The Bertz CT molecular complexity index is 877. The first-order valence-corrected chi connectivity index (χ1v) is 8.25. The number of urea groups is 1. The molecule has 0 spiro atoms. The van der Waals surface area contributed by atoms with Gasteiger partial charge in [-0.2, -0.15) is 0 Å². The van der Waals surface area contributed by atoms with E-state index < -0.39 is 6.10 Å². The number of thiazole rings is 1. The van der Waals surface area contributed by atoms with Crippen molar-refractivity contribution in [3.8, 4) is 0 Å². The molecule has 3 aromatic rings. The number of nitrogens with one attached hydrogen (secondary N) is 2. The van der Waals surface area contributed by atoms with Gasteiger partial charge >= 0.3 is 6.03 Å². The summed E-state index contributed by atoms with van der Waals surface area (Å²) in [4.78, 5) is 16.5. The van der Waals surface area contributed by atoms with E-state index >= 15 is 0 Å². The molecule has 4 rings (SSSR count). The van der Waals surface area contributed by atoms with E-state index in [2.05, 4.69) is 15.6 Å². The van der Waals surface area contributed by atoms with Gasteiger partial charge < -0.3 is 15.7 Å². The zero-order chi connectivity index (χ0) is 15.8. The number of fused-ring (bicyclic) bond motifs is 2. The van der Waals surface area contributed by atoms with Crippen LogP contribution in [0.3, 0.4) is 0 Å². The number of hydrogen-bond donors (Lipinski definition) is 3. The fourth-order valence-corrected chi connectivity index (χ4v) is 3.65. The summed E-state index contributed by atoms with van der Waals surface area (Å²) in [6.07, 6.45) is -0.0366. The normalized spacial score (nSPS) is 19.5. The summed E-state index contributed by atoms with van der Waals surface area (Å²) in [6, 6.07) is 12.7. The van der Waals surface area contributed by atoms with Crippen LogP contribution < -0.4 is 10.6 Å². The van der Waals surface area contributed by atoms with Crippen molar-refractivity contribution < 1.29 is 9.90 Å². The molecule has 0 fully saturated rings. The van der Waals surface area contributed by atoms with E-state index in [4.69, 9.17) is 0 Å². The summed E-state index contributed by atoms with van der Waals surface area (Å²) in [5, 5.41) is 15.9. The van der Waals surface area contributed by atoms with Gasteiger partial charge in [-0.25, -0.2) is 9.78 Å². The quantitative estimate of drug-likeness (QED) is 0.678. The minimum absolute atomic E-state index is 0.333. The Morgan fingerprint density at radius 3 is 3.04 bits per heavy atom. The molecular weight excluding hydrogens is 310 g/mol. The van der Waals surface area contributed by atoms with E-state index in [0.717, 1.165) is 21.3 Å². The maximum absolute atomic E-state index is 12.2. The SMILES string of the molecule is O=C(Nc1ccc2scnc2c1)N[C@H]1c2ccccc2C[C@H]1O. The van der Waals surface area contributed by atoms with Crippen LogP contribution in [-0.4, -0.2) is 22.2 Å². The third-order valence-corrected chi connectivity index (χ3v) is 4.89. The van der Waals surface area contributed by atoms with Crippen LogP contribution in [0.5, 0.6) is 0 Å². The number of aliphatic hydroxyl groups is 1. The molecule has 116 valence electrons. The van der Waals surface area contributed by atoms with Gasteiger partial charge in [0, 0.05) is 12.1 Å². The van der Waals surface area contributed by atoms with Crippen LogP contribution in [0.1, 0.15) is 17.2 Å². The van der Waals surface area contributed by atoms with Gasteiger partial charge in [0.25, 0.3) is 0 Å². The molecule has 2 aromatic carbocycles. The first kappa shape index (κ1) is 14.2. The standard InChI is InChI=1S/C17H15N3O2S/c21-14-7-10-3-1-2-4-12(10)16(14)20-17(22)19-11-5-6-15-13(8-11)18-9-23-15/h1-6,8-9,14,16,21H,7H2,(H2,19,20,22)/t14-,16+/m1/s1. The van der Waals surface area contributed by atoms with Crippen molar-refractivity contribution in [2.75, 3.05) is 5.32 Å². The fraction of sp³-hybridized carbons (Fsp3) is 0.176. The number of aliphatic hydroxyl groups excluding tert-OH is 1. The molecule has 0 saturated carbocycles. The number of anilines is 1. The molecule has 1 aromatic heterocycles. The van der Waals surface area contributed by atoms with Crippen molar-refractivity contribution in [3.05, 3.63) is 59.1 Å². The van der Waals surface area contributed by atoms with Crippen LogP contribution in [0.15, 0.2) is 48.0 Å². The highest BCUT2D eigenvalue weighted by Gasteiger charge is 2.31. The lowest BCUT2D eigenvalue weighted by atomic mass is 10.1. The van der Waals surface area contributed by atoms with Gasteiger partial charge in [-0.3, -0.25) is 0 Å². The highest BCUT2D eigenvalue weighted by Crippen LogP contribution is 2.31. The lowest BCUT2D eigenvalue weighted by molar-refractivity contribution is 0.144. The average molecular weight is 325 g/mol. The maximum Gasteiger partial charge on any atom is 0.319 e. The van der Waals surface area contributed by atoms with Gasteiger partial charge in [-0.15, -0.1) is 11.3 Å².